The van der Waals surface area contributed by atoms with E-state index in [9.17, 15) is 19.2 Å². The number of rotatable bonds is 7. The lowest BCUT2D eigenvalue weighted by Gasteiger charge is -2.40. The third-order valence-electron chi connectivity index (χ3n) is 7.29. The fourth-order valence-corrected chi connectivity index (χ4v) is 4.94. The number of hydrogen-bond donors (Lipinski definition) is 1. The lowest BCUT2D eigenvalue weighted by atomic mass is 9.75. The van der Waals surface area contributed by atoms with E-state index in [2.05, 4.69) is 5.32 Å². The van der Waals surface area contributed by atoms with Crippen LogP contribution in [-0.4, -0.2) is 58.8 Å². The van der Waals surface area contributed by atoms with Crippen LogP contribution in [-0.2, 0) is 20.9 Å². The zero-order valence-corrected chi connectivity index (χ0v) is 19.4. The Morgan fingerprint density at radius 3 is 2.52 bits per heavy atom. The van der Waals surface area contributed by atoms with E-state index in [1.165, 1.54) is 4.90 Å². The Bertz CT molecular complexity index is 971. The molecule has 2 fully saturated rings. The third-order valence-corrected chi connectivity index (χ3v) is 7.29. The Morgan fingerprint density at radius 1 is 1.15 bits per heavy atom. The van der Waals surface area contributed by atoms with Crippen molar-refractivity contribution in [2.24, 2.45) is 11.8 Å². The van der Waals surface area contributed by atoms with Crippen LogP contribution in [0.2, 0.25) is 0 Å². The summed E-state index contributed by atoms with van der Waals surface area (Å²) in [6, 6.07) is 4.97. The molecule has 1 aromatic carbocycles. The largest absolute Gasteiger partial charge is 0.454 e. The maximum absolute atomic E-state index is 13.5. The van der Waals surface area contributed by atoms with Crippen LogP contribution in [0.1, 0.15) is 52.0 Å². The van der Waals surface area contributed by atoms with Gasteiger partial charge in [0.25, 0.3) is 11.8 Å². The van der Waals surface area contributed by atoms with E-state index in [1.54, 1.807) is 24.0 Å². The summed E-state index contributed by atoms with van der Waals surface area (Å²) in [6.45, 7) is 6.65. The van der Waals surface area contributed by atoms with Crippen LogP contribution in [0, 0.1) is 11.8 Å². The van der Waals surface area contributed by atoms with E-state index in [1.807, 2.05) is 19.9 Å². The normalized spacial score (nSPS) is 23.6. The summed E-state index contributed by atoms with van der Waals surface area (Å²) in [6.07, 6.45) is 2.19. The Labute approximate surface area is 193 Å². The molecule has 9 heteroatoms. The standard InChI is InChI=1S/C24H31N3O6/c1-4-15(3)20(28)21(29)26-10-8-17(9-11-26)24(5-2)22(30)27(23(31)25-24)13-16-6-7-18-19(12-16)33-14-32-18/h6-7,12,15,17H,4-5,8-11,13-14H2,1-3H3,(H,25,31). The van der Waals surface area contributed by atoms with Gasteiger partial charge in [-0.25, -0.2) is 4.79 Å². The zero-order chi connectivity index (χ0) is 23.8. The molecule has 3 aliphatic heterocycles. The molecule has 33 heavy (non-hydrogen) atoms. The number of nitrogens with one attached hydrogen (secondary N) is 1. The monoisotopic (exact) mass is 457 g/mol. The first-order valence-corrected chi connectivity index (χ1v) is 11.7. The number of likely N-dealkylation sites (tertiary alicyclic amines) is 1. The second-order valence-electron chi connectivity index (χ2n) is 9.07. The van der Waals surface area contributed by atoms with E-state index in [4.69, 9.17) is 9.47 Å². The van der Waals surface area contributed by atoms with Crippen molar-refractivity contribution in [1.29, 1.82) is 0 Å². The van der Waals surface area contributed by atoms with Crippen LogP contribution in [0.25, 0.3) is 0 Å². The van der Waals surface area contributed by atoms with Gasteiger partial charge in [-0.3, -0.25) is 19.3 Å². The fraction of sp³-hybridized carbons (Fsp3) is 0.583. The van der Waals surface area contributed by atoms with Gasteiger partial charge in [0, 0.05) is 19.0 Å². The maximum atomic E-state index is 13.5. The predicted molar refractivity (Wildman–Crippen MR) is 118 cm³/mol. The number of benzene rings is 1. The summed E-state index contributed by atoms with van der Waals surface area (Å²) in [5, 5.41) is 2.96. The molecule has 0 spiro atoms. The molecule has 0 aromatic heterocycles. The number of hydrogen-bond acceptors (Lipinski definition) is 6. The smallest absolute Gasteiger partial charge is 0.325 e. The number of urea groups is 1. The van der Waals surface area contributed by atoms with Gasteiger partial charge in [0.1, 0.15) is 5.54 Å². The van der Waals surface area contributed by atoms with Crippen molar-refractivity contribution in [2.45, 2.75) is 58.5 Å². The molecule has 2 saturated heterocycles. The number of Topliss-reactive ketones (excluding diaryl/α,β-unsaturated/α-hetero) is 1. The van der Waals surface area contributed by atoms with Gasteiger partial charge < -0.3 is 19.7 Å². The van der Waals surface area contributed by atoms with E-state index < -0.39 is 17.5 Å². The topological polar surface area (TPSA) is 105 Å². The summed E-state index contributed by atoms with van der Waals surface area (Å²) in [5.74, 6) is -0.202. The van der Waals surface area contributed by atoms with Gasteiger partial charge in [0.2, 0.25) is 12.6 Å². The summed E-state index contributed by atoms with van der Waals surface area (Å²) >= 11 is 0. The van der Waals surface area contributed by atoms with Crippen LogP contribution >= 0.6 is 0 Å². The second kappa shape index (κ2) is 9.03. The molecule has 0 radical (unpaired) electrons. The number of ketones is 1. The number of carbonyl (C=O) groups is 4. The number of fused-ring (bicyclic) bond motifs is 1. The van der Waals surface area contributed by atoms with Crippen molar-refractivity contribution >= 4 is 23.6 Å². The van der Waals surface area contributed by atoms with Crippen molar-refractivity contribution in [2.75, 3.05) is 19.9 Å². The first-order valence-electron chi connectivity index (χ1n) is 11.7. The molecule has 3 aliphatic rings. The molecular formula is C24H31N3O6. The second-order valence-corrected chi connectivity index (χ2v) is 9.07. The Hall–Kier alpha value is -3.10. The molecule has 178 valence electrons. The Balaban J connectivity index is 1.44. The molecule has 3 heterocycles. The summed E-state index contributed by atoms with van der Waals surface area (Å²) in [4.78, 5) is 54.0. The summed E-state index contributed by atoms with van der Waals surface area (Å²) < 4.78 is 10.7. The Morgan fingerprint density at radius 2 is 1.85 bits per heavy atom. The number of carbonyl (C=O) groups excluding carboxylic acids is 4. The minimum atomic E-state index is -0.997. The molecule has 1 aromatic rings. The highest BCUT2D eigenvalue weighted by molar-refractivity contribution is 6.36. The maximum Gasteiger partial charge on any atom is 0.325 e. The lowest BCUT2D eigenvalue weighted by molar-refractivity contribution is -0.148. The average molecular weight is 458 g/mol. The number of nitrogens with zero attached hydrogens (tertiary/aromatic N) is 2. The molecule has 9 nitrogen and oxygen atoms in total. The highest BCUT2D eigenvalue weighted by Crippen LogP contribution is 2.38. The quantitative estimate of drug-likeness (QED) is 0.498. The van der Waals surface area contributed by atoms with Crippen LogP contribution in [0.15, 0.2) is 18.2 Å². The summed E-state index contributed by atoms with van der Waals surface area (Å²) in [7, 11) is 0. The van der Waals surface area contributed by atoms with Gasteiger partial charge in [0.15, 0.2) is 11.5 Å². The summed E-state index contributed by atoms with van der Waals surface area (Å²) in [5.41, 5.74) is -0.220. The van der Waals surface area contributed by atoms with Gasteiger partial charge >= 0.3 is 6.03 Å². The minimum Gasteiger partial charge on any atom is -0.454 e. The minimum absolute atomic E-state index is 0.108. The van der Waals surface area contributed by atoms with Gasteiger partial charge in [-0.2, -0.15) is 0 Å². The van der Waals surface area contributed by atoms with Crippen molar-refractivity contribution in [1.82, 2.24) is 15.1 Å². The third kappa shape index (κ3) is 4.05. The van der Waals surface area contributed by atoms with Crippen LogP contribution in [0.3, 0.4) is 0 Å². The first kappa shape index (κ1) is 23.1. The molecule has 4 rings (SSSR count). The number of amides is 4. The van der Waals surface area contributed by atoms with E-state index >= 15 is 0 Å². The number of ether oxygens (including phenoxy) is 2. The molecule has 4 amide bonds. The van der Waals surface area contributed by atoms with Gasteiger partial charge in [0.05, 0.1) is 6.54 Å². The predicted octanol–water partition coefficient (Wildman–Crippen LogP) is 2.47. The van der Waals surface area contributed by atoms with Crippen molar-refractivity contribution in [3.8, 4) is 11.5 Å². The lowest BCUT2D eigenvalue weighted by Crippen LogP contribution is -2.56. The molecule has 2 unspecified atom stereocenters. The van der Waals surface area contributed by atoms with Gasteiger partial charge in [-0.05, 0) is 49.3 Å². The van der Waals surface area contributed by atoms with E-state index in [-0.39, 0.29) is 36.9 Å². The fourth-order valence-electron chi connectivity index (χ4n) is 4.94. The molecule has 1 N–H and O–H groups in total. The number of piperidine rings is 1. The van der Waals surface area contributed by atoms with Crippen LogP contribution < -0.4 is 14.8 Å². The molecule has 2 atom stereocenters. The van der Waals surface area contributed by atoms with E-state index in [0.29, 0.717) is 50.3 Å². The van der Waals surface area contributed by atoms with E-state index in [0.717, 1.165) is 5.56 Å². The first-order chi connectivity index (χ1) is 15.8. The zero-order valence-electron chi connectivity index (χ0n) is 19.4. The molecule has 0 bridgehead atoms. The van der Waals surface area contributed by atoms with Gasteiger partial charge in [-0.1, -0.05) is 26.8 Å². The van der Waals surface area contributed by atoms with Crippen LogP contribution in [0.4, 0.5) is 4.79 Å². The molecule has 0 saturated carbocycles. The van der Waals surface area contributed by atoms with Crippen LogP contribution in [0.5, 0.6) is 11.5 Å². The van der Waals surface area contributed by atoms with Crippen molar-refractivity contribution in [3.05, 3.63) is 23.8 Å². The molecule has 0 aliphatic carbocycles. The van der Waals surface area contributed by atoms with Crippen molar-refractivity contribution in [3.63, 3.8) is 0 Å². The van der Waals surface area contributed by atoms with Gasteiger partial charge in [-0.15, -0.1) is 0 Å². The average Bonchev–Trinajstić information content (AvgIpc) is 3.40. The highest BCUT2D eigenvalue weighted by Gasteiger charge is 2.55. The molecular weight excluding hydrogens is 426 g/mol. The van der Waals surface area contributed by atoms with Crippen molar-refractivity contribution < 1.29 is 28.7 Å². The highest BCUT2D eigenvalue weighted by atomic mass is 16.7. The number of imide groups is 1. The SMILES string of the molecule is CCC(C)C(=O)C(=O)N1CCC(C2(CC)NC(=O)N(Cc3ccc4c(c3)OCO4)C2=O)CC1. The Kier molecular flexibility index (Phi) is 6.32.